The van der Waals surface area contributed by atoms with E-state index in [2.05, 4.69) is 12.2 Å². The lowest BCUT2D eigenvalue weighted by atomic mass is 10.2. The minimum Gasteiger partial charge on any atom is -0.396 e. The fourth-order valence-electron chi connectivity index (χ4n) is 1.21. The van der Waals surface area contributed by atoms with Gasteiger partial charge in [-0.05, 0) is 39.2 Å². The molecule has 14 heavy (non-hydrogen) atoms. The van der Waals surface area contributed by atoms with Gasteiger partial charge >= 0.3 is 0 Å². The third kappa shape index (κ3) is 10.2. The van der Waals surface area contributed by atoms with E-state index in [1.807, 2.05) is 0 Å². The first-order valence-electron chi connectivity index (χ1n) is 5.31. The molecule has 0 saturated carbocycles. The van der Waals surface area contributed by atoms with Crippen molar-refractivity contribution in [2.75, 3.05) is 25.2 Å². The lowest BCUT2D eigenvalue weighted by Crippen LogP contribution is -2.28. The van der Waals surface area contributed by atoms with Crippen LogP contribution in [0, 0.1) is 0 Å². The molecule has 0 bridgehead atoms. The van der Waals surface area contributed by atoms with Gasteiger partial charge in [0.25, 0.3) is 0 Å². The Bertz CT molecular complexity index is 153. The zero-order chi connectivity index (χ0) is 10.8. The molecule has 0 amide bonds. The second kappa shape index (κ2) is 9.62. The van der Waals surface area contributed by atoms with Crippen molar-refractivity contribution < 1.29 is 9.32 Å². The number of aliphatic hydroxyl groups is 1. The van der Waals surface area contributed by atoms with Crippen molar-refractivity contribution in [1.82, 2.24) is 5.32 Å². The van der Waals surface area contributed by atoms with Crippen molar-refractivity contribution in [3.05, 3.63) is 0 Å². The third-order valence-corrected chi connectivity index (χ3v) is 2.98. The largest absolute Gasteiger partial charge is 0.396 e. The van der Waals surface area contributed by atoms with Crippen molar-refractivity contribution in [2.24, 2.45) is 0 Å². The smallest absolute Gasteiger partial charge is 0.0431 e. The minimum absolute atomic E-state index is 0.296. The average Bonchev–Trinajstić information content (AvgIpc) is 2.14. The van der Waals surface area contributed by atoms with Crippen LogP contribution in [0.2, 0.25) is 0 Å². The van der Waals surface area contributed by atoms with Crippen molar-refractivity contribution in [3.63, 3.8) is 0 Å². The Balaban J connectivity index is 3.18. The number of nitrogens with one attached hydrogen (secondary N) is 1. The molecule has 2 atom stereocenters. The van der Waals surface area contributed by atoms with E-state index in [4.69, 9.17) is 5.11 Å². The minimum atomic E-state index is -0.670. The van der Waals surface area contributed by atoms with E-state index in [-0.39, 0.29) is 0 Å². The van der Waals surface area contributed by atoms with Gasteiger partial charge in [-0.3, -0.25) is 4.21 Å². The summed E-state index contributed by atoms with van der Waals surface area (Å²) in [5.41, 5.74) is 0. The van der Waals surface area contributed by atoms with Crippen LogP contribution in [0.25, 0.3) is 0 Å². The maximum absolute atomic E-state index is 10.8. The Morgan fingerprint density at radius 3 is 2.64 bits per heavy atom. The van der Waals surface area contributed by atoms with Gasteiger partial charge in [0.2, 0.25) is 0 Å². The molecule has 2 unspecified atom stereocenters. The number of aliphatic hydroxyl groups excluding tert-OH is 1. The van der Waals surface area contributed by atoms with Gasteiger partial charge in [-0.25, -0.2) is 0 Å². The number of unbranched alkanes of at least 4 members (excludes halogenated alkanes) is 2. The summed E-state index contributed by atoms with van der Waals surface area (Å²) in [6.45, 7) is 3.42. The van der Waals surface area contributed by atoms with E-state index >= 15 is 0 Å². The molecule has 0 aromatic heterocycles. The van der Waals surface area contributed by atoms with Crippen molar-refractivity contribution in [1.29, 1.82) is 0 Å². The molecule has 2 N–H and O–H groups in total. The zero-order valence-corrected chi connectivity index (χ0v) is 10.1. The van der Waals surface area contributed by atoms with E-state index in [1.54, 1.807) is 6.26 Å². The molecular weight excluding hydrogens is 198 g/mol. The van der Waals surface area contributed by atoms with Gasteiger partial charge in [-0.1, -0.05) is 0 Å². The van der Waals surface area contributed by atoms with Crippen LogP contribution in [0.1, 0.15) is 32.6 Å². The van der Waals surface area contributed by atoms with E-state index in [0.717, 1.165) is 38.0 Å². The predicted molar refractivity (Wildman–Crippen MR) is 62.0 cm³/mol. The van der Waals surface area contributed by atoms with Crippen molar-refractivity contribution >= 4 is 10.8 Å². The molecule has 0 radical (unpaired) electrons. The standard InChI is InChI=1S/C10H23NO2S/c1-10(6-9-14(2)13)11-7-4-3-5-8-12/h10-12H,3-9H2,1-2H3. The second-order valence-corrected chi connectivity index (χ2v) is 5.26. The first-order chi connectivity index (χ1) is 6.66. The molecule has 0 spiro atoms. The predicted octanol–water partition coefficient (Wildman–Crippen LogP) is 0.896. The summed E-state index contributed by atoms with van der Waals surface area (Å²) < 4.78 is 10.8. The summed E-state index contributed by atoms with van der Waals surface area (Å²) in [7, 11) is -0.670. The molecular formula is C10H23NO2S. The highest BCUT2D eigenvalue weighted by atomic mass is 32.2. The van der Waals surface area contributed by atoms with Crippen LogP contribution < -0.4 is 5.32 Å². The second-order valence-electron chi connectivity index (χ2n) is 3.71. The van der Waals surface area contributed by atoms with Crippen LogP contribution in [-0.2, 0) is 10.8 Å². The molecule has 0 aromatic rings. The maximum Gasteiger partial charge on any atom is 0.0431 e. The molecule has 0 aliphatic carbocycles. The van der Waals surface area contributed by atoms with Crippen LogP contribution in [0.5, 0.6) is 0 Å². The molecule has 0 saturated heterocycles. The molecule has 0 rings (SSSR count). The highest BCUT2D eigenvalue weighted by Crippen LogP contribution is 1.96. The summed E-state index contributed by atoms with van der Waals surface area (Å²) >= 11 is 0. The van der Waals surface area contributed by atoms with Gasteiger partial charge in [0.15, 0.2) is 0 Å². The van der Waals surface area contributed by atoms with E-state index in [9.17, 15) is 4.21 Å². The Kier molecular flexibility index (Phi) is 9.67. The SMILES string of the molecule is CC(CCS(C)=O)NCCCCCO. The highest BCUT2D eigenvalue weighted by Gasteiger charge is 2.01. The van der Waals surface area contributed by atoms with E-state index < -0.39 is 10.8 Å². The number of rotatable bonds is 9. The Morgan fingerprint density at radius 1 is 1.36 bits per heavy atom. The Hall–Kier alpha value is 0.0700. The quantitative estimate of drug-likeness (QED) is 0.569. The molecule has 4 heteroatoms. The molecule has 3 nitrogen and oxygen atoms in total. The van der Waals surface area contributed by atoms with Crippen LogP contribution in [-0.4, -0.2) is 40.5 Å². The average molecular weight is 221 g/mol. The lowest BCUT2D eigenvalue weighted by molar-refractivity contribution is 0.282. The summed E-state index contributed by atoms with van der Waals surface area (Å²) in [6, 6.07) is 0.452. The normalized spacial score (nSPS) is 15.4. The molecule has 0 aromatic carbocycles. The summed E-state index contributed by atoms with van der Waals surface area (Å²) in [5.74, 6) is 0.783. The molecule has 0 heterocycles. The van der Waals surface area contributed by atoms with Gasteiger partial charge in [0, 0.05) is 35.5 Å². The van der Waals surface area contributed by atoms with Gasteiger partial charge in [-0.15, -0.1) is 0 Å². The summed E-state index contributed by atoms with van der Waals surface area (Å²) in [6.07, 6.45) is 5.81. The van der Waals surface area contributed by atoms with Crippen LogP contribution in [0.4, 0.5) is 0 Å². The first kappa shape index (κ1) is 14.1. The summed E-state index contributed by atoms with van der Waals surface area (Å²) in [5, 5.41) is 11.9. The number of hydrogen-bond donors (Lipinski definition) is 2. The van der Waals surface area contributed by atoms with Crippen molar-refractivity contribution in [3.8, 4) is 0 Å². The zero-order valence-electron chi connectivity index (χ0n) is 9.29. The van der Waals surface area contributed by atoms with Gasteiger partial charge in [0.05, 0.1) is 0 Å². The van der Waals surface area contributed by atoms with Gasteiger partial charge < -0.3 is 10.4 Å². The first-order valence-corrected chi connectivity index (χ1v) is 7.03. The summed E-state index contributed by atoms with van der Waals surface area (Å²) in [4.78, 5) is 0. The molecule has 0 aliphatic heterocycles. The van der Waals surface area contributed by atoms with E-state index in [0.29, 0.717) is 12.6 Å². The van der Waals surface area contributed by atoms with Crippen LogP contribution >= 0.6 is 0 Å². The van der Waals surface area contributed by atoms with Crippen LogP contribution in [0.3, 0.4) is 0 Å². The Morgan fingerprint density at radius 2 is 2.07 bits per heavy atom. The lowest BCUT2D eigenvalue weighted by Gasteiger charge is -2.12. The molecule has 86 valence electrons. The van der Waals surface area contributed by atoms with Gasteiger partial charge in [0.1, 0.15) is 0 Å². The van der Waals surface area contributed by atoms with Crippen molar-refractivity contribution in [2.45, 2.75) is 38.6 Å². The molecule has 0 aliphatic rings. The topological polar surface area (TPSA) is 49.3 Å². The third-order valence-electron chi connectivity index (χ3n) is 2.17. The number of hydrogen-bond acceptors (Lipinski definition) is 3. The fraction of sp³-hybridized carbons (Fsp3) is 1.00. The monoisotopic (exact) mass is 221 g/mol. The fourth-order valence-corrected chi connectivity index (χ4v) is 1.89. The van der Waals surface area contributed by atoms with Crippen LogP contribution in [0.15, 0.2) is 0 Å². The maximum atomic E-state index is 10.8. The van der Waals surface area contributed by atoms with Gasteiger partial charge in [-0.2, -0.15) is 0 Å². The van der Waals surface area contributed by atoms with E-state index in [1.165, 1.54) is 0 Å². The Labute approximate surface area is 89.7 Å². The highest BCUT2D eigenvalue weighted by molar-refractivity contribution is 7.84. The molecule has 0 fully saturated rings.